The van der Waals surface area contributed by atoms with Crippen molar-refractivity contribution in [2.24, 2.45) is 0 Å². The van der Waals surface area contributed by atoms with Gasteiger partial charge in [-0.2, -0.15) is 4.31 Å². The van der Waals surface area contributed by atoms with E-state index in [4.69, 9.17) is 0 Å². The molecule has 0 fully saturated rings. The highest BCUT2D eigenvalue weighted by Crippen LogP contribution is 2.20. The lowest BCUT2D eigenvalue weighted by molar-refractivity contribution is 0.465. The summed E-state index contributed by atoms with van der Waals surface area (Å²) in [5.74, 6) is 0. The second kappa shape index (κ2) is 6.25. The average molecular weight is 369 g/mol. The van der Waals surface area contributed by atoms with Gasteiger partial charge in [-0.3, -0.25) is 4.98 Å². The second-order valence-electron chi connectivity index (χ2n) is 5.03. The third-order valence-electron chi connectivity index (χ3n) is 3.28. The minimum absolute atomic E-state index is 0.184. The van der Waals surface area contributed by atoms with Crippen LogP contribution in [0.25, 0.3) is 0 Å². The molecule has 1 aromatic carbocycles. The maximum atomic E-state index is 12.5. The fraction of sp³-hybridized carbons (Fsp3) is 0.267. The first-order chi connectivity index (χ1) is 9.80. The van der Waals surface area contributed by atoms with Gasteiger partial charge in [0.05, 0.1) is 0 Å². The fourth-order valence-corrected chi connectivity index (χ4v) is 3.72. The van der Waals surface area contributed by atoms with Crippen LogP contribution in [0.5, 0.6) is 0 Å². The molecule has 0 saturated carbocycles. The molecular formula is C15H17BrN2O2S. The molecule has 0 bridgehead atoms. The molecule has 0 aliphatic carbocycles. The predicted molar refractivity (Wildman–Crippen MR) is 86.5 cm³/mol. The van der Waals surface area contributed by atoms with Gasteiger partial charge >= 0.3 is 0 Å². The second-order valence-corrected chi connectivity index (χ2v) is 7.99. The molecule has 2 aromatic rings. The lowest BCUT2D eigenvalue weighted by Crippen LogP contribution is -2.27. The van der Waals surface area contributed by atoms with Crippen molar-refractivity contribution in [3.8, 4) is 0 Å². The Morgan fingerprint density at radius 3 is 2.52 bits per heavy atom. The van der Waals surface area contributed by atoms with E-state index < -0.39 is 10.0 Å². The molecule has 0 saturated heterocycles. The summed E-state index contributed by atoms with van der Waals surface area (Å²) >= 11 is 3.24. The lowest BCUT2D eigenvalue weighted by atomic mass is 10.1. The van der Waals surface area contributed by atoms with Crippen LogP contribution in [0.4, 0.5) is 0 Å². The van der Waals surface area contributed by atoms with Gasteiger partial charge in [0.2, 0.25) is 10.0 Å². The summed E-state index contributed by atoms with van der Waals surface area (Å²) in [4.78, 5) is 4.10. The third-order valence-corrected chi connectivity index (χ3v) is 5.48. The van der Waals surface area contributed by atoms with Gasteiger partial charge in [-0.15, -0.1) is 0 Å². The van der Waals surface area contributed by atoms with Gasteiger partial charge in [-0.1, -0.05) is 23.8 Å². The van der Waals surface area contributed by atoms with Crippen molar-refractivity contribution in [3.63, 3.8) is 0 Å². The molecule has 0 spiro atoms. The monoisotopic (exact) mass is 368 g/mol. The largest absolute Gasteiger partial charge is 0.262 e. The highest BCUT2D eigenvalue weighted by atomic mass is 79.9. The van der Waals surface area contributed by atoms with Crippen molar-refractivity contribution >= 4 is 26.0 Å². The van der Waals surface area contributed by atoms with E-state index in [0.29, 0.717) is 11.0 Å². The van der Waals surface area contributed by atoms with Gasteiger partial charge < -0.3 is 0 Å². The van der Waals surface area contributed by atoms with Crippen LogP contribution >= 0.6 is 15.9 Å². The van der Waals surface area contributed by atoms with E-state index in [1.807, 2.05) is 26.0 Å². The first-order valence-corrected chi connectivity index (χ1v) is 8.67. The zero-order chi connectivity index (χ0) is 15.6. The number of aryl methyl sites for hydroxylation is 2. The van der Waals surface area contributed by atoms with Crippen LogP contribution in [0.2, 0.25) is 0 Å². The molecule has 0 N–H and O–H groups in total. The molecule has 0 unspecified atom stereocenters. The smallest absolute Gasteiger partial charge is 0.244 e. The summed E-state index contributed by atoms with van der Waals surface area (Å²) < 4.78 is 27.0. The molecule has 0 atom stereocenters. The number of aromatic nitrogens is 1. The van der Waals surface area contributed by atoms with Crippen LogP contribution in [0.1, 0.15) is 16.7 Å². The summed E-state index contributed by atoms with van der Waals surface area (Å²) in [7, 11) is -1.97. The van der Waals surface area contributed by atoms with Gasteiger partial charge in [-0.05, 0) is 47.0 Å². The van der Waals surface area contributed by atoms with Crippen molar-refractivity contribution < 1.29 is 8.42 Å². The van der Waals surface area contributed by atoms with E-state index in [9.17, 15) is 8.42 Å². The maximum absolute atomic E-state index is 12.5. The molecule has 4 nitrogen and oxygen atoms in total. The summed E-state index contributed by atoms with van der Waals surface area (Å²) in [5.41, 5.74) is 3.25. The van der Waals surface area contributed by atoms with Crippen molar-refractivity contribution in [3.05, 3.63) is 57.8 Å². The predicted octanol–water partition coefficient (Wildman–Crippen LogP) is 3.28. The number of rotatable bonds is 4. The van der Waals surface area contributed by atoms with Crippen molar-refractivity contribution in [2.75, 3.05) is 7.05 Å². The zero-order valence-electron chi connectivity index (χ0n) is 12.2. The summed E-state index contributed by atoms with van der Waals surface area (Å²) in [6.07, 6.45) is 2.92. The summed E-state index contributed by atoms with van der Waals surface area (Å²) in [5, 5.41) is 0. The molecule has 6 heteroatoms. The molecule has 0 amide bonds. The minimum atomic E-state index is -3.55. The average Bonchev–Trinajstić information content (AvgIpc) is 2.41. The molecule has 1 heterocycles. The normalized spacial score (nSPS) is 11.9. The number of hydrogen-bond donors (Lipinski definition) is 0. The molecule has 0 radical (unpaired) electrons. The fourth-order valence-electron chi connectivity index (χ4n) is 2.06. The summed E-state index contributed by atoms with van der Waals surface area (Å²) in [6.45, 7) is 4.34. The Morgan fingerprint density at radius 2 is 1.90 bits per heavy atom. The van der Waals surface area contributed by atoms with Gasteiger partial charge in [0, 0.05) is 30.5 Å². The van der Waals surface area contributed by atoms with E-state index in [1.54, 1.807) is 19.3 Å². The van der Waals surface area contributed by atoms with E-state index in [0.717, 1.165) is 16.7 Å². The van der Waals surface area contributed by atoms with Crippen LogP contribution in [0.15, 0.2) is 46.0 Å². The number of nitrogens with zero attached hydrogens (tertiary/aromatic N) is 2. The maximum Gasteiger partial charge on any atom is 0.244 e. The molecule has 112 valence electrons. The van der Waals surface area contributed by atoms with Crippen molar-refractivity contribution in [1.82, 2.24) is 9.29 Å². The number of halogens is 1. The molecule has 1 aromatic heterocycles. The topological polar surface area (TPSA) is 50.3 Å². The SMILES string of the molecule is Cc1ccc(CN(C)S(=O)(=O)c2cncc(Br)c2)c(C)c1. The Bertz CT molecular complexity index is 760. The number of pyridine rings is 1. The van der Waals surface area contributed by atoms with Gasteiger partial charge in [0.1, 0.15) is 4.90 Å². The summed E-state index contributed by atoms with van der Waals surface area (Å²) in [6, 6.07) is 7.57. The van der Waals surface area contributed by atoms with Crippen LogP contribution in [0, 0.1) is 13.8 Å². The third kappa shape index (κ3) is 3.70. The first-order valence-electron chi connectivity index (χ1n) is 6.44. The van der Waals surface area contributed by atoms with Crippen LogP contribution in [-0.2, 0) is 16.6 Å². The van der Waals surface area contributed by atoms with Crippen molar-refractivity contribution in [2.45, 2.75) is 25.3 Å². The van der Waals surface area contributed by atoms with Crippen molar-refractivity contribution in [1.29, 1.82) is 0 Å². The standard InChI is InChI=1S/C15H17BrN2O2S/c1-11-4-5-13(12(2)6-11)10-18(3)21(19,20)15-7-14(16)8-17-9-15/h4-9H,10H2,1-3H3. The Balaban J connectivity index is 2.28. The van der Waals surface area contributed by atoms with Gasteiger partial charge in [0.15, 0.2) is 0 Å². The number of hydrogen-bond acceptors (Lipinski definition) is 3. The van der Waals surface area contributed by atoms with Gasteiger partial charge in [-0.25, -0.2) is 8.42 Å². The van der Waals surface area contributed by atoms with Gasteiger partial charge in [0.25, 0.3) is 0 Å². The number of benzene rings is 1. The highest BCUT2D eigenvalue weighted by molar-refractivity contribution is 9.10. The number of sulfonamides is 1. The van der Waals surface area contributed by atoms with E-state index in [2.05, 4.69) is 27.0 Å². The molecule has 21 heavy (non-hydrogen) atoms. The van der Waals surface area contributed by atoms with Crippen LogP contribution < -0.4 is 0 Å². The Morgan fingerprint density at radius 1 is 1.19 bits per heavy atom. The zero-order valence-corrected chi connectivity index (χ0v) is 14.6. The van der Waals surface area contributed by atoms with Crippen LogP contribution in [0.3, 0.4) is 0 Å². The molecule has 0 aliphatic rings. The minimum Gasteiger partial charge on any atom is -0.262 e. The van der Waals surface area contributed by atoms with E-state index in [1.165, 1.54) is 10.5 Å². The van der Waals surface area contributed by atoms with E-state index in [-0.39, 0.29) is 4.90 Å². The lowest BCUT2D eigenvalue weighted by Gasteiger charge is -2.18. The Hall–Kier alpha value is -1.24. The molecular weight excluding hydrogens is 352 g/mol. The molecule has 2 rings (SSSR count). The quantitative estimate of drug-likeness (QED) is 0.831. The highest BCUT2D eigenvalue weighted by Gasteiger charge is 2.22. The Kier molecular flexibility index (Phi) is 4.81. The first kappa shape index (κ1) is 16.1. The van der Waals surface area contributed by atoms with Crippen LogP contribution in [-0.4, -0.2) is 24.8 Å². The van der Waals surface area contributed by atoms with E-state index >= 15 is 0 Å². The Labute approximate surface area is 134 Å². The molecule has 0 aliphatic heterocycles.